The van der Waals surface area contributed by atoms with Crippen molar-refractivity contribution < 1.29 is 22.9 Å². The number of rotatable bonds is 11. The van der Waals surface area contributed by atoms with Gasteiger partial charge in [0, 0.05) is 5.57 Å². The van der Waals surface area contributed by atoms with Gasteiger partial charge in [-0.2, -0.15) is 0 Å². The fourth-order valence-corrected chi connectivity index (χ4v) is 3.43. The van der Waals surface area contributed by atoms with E-state index in [9.17, 15) is 9.36 Å². The second-order valence-corrected chi connectivity index (χ2v) is 8.51. The van der Waals surface area contributed by atoms with E-state index in [4.69, 9.17) is 9.05 Å². The number of quaternary nitrogens is 1. The molecule has 0 aliphatic heterocycles. The van der Waals surface area contributed by atoms with Gasteiger partial charge in [-0.05, 0) is 13.3 Å². The lowest BCUT2D eigenvalue weighted by atomic mass is 10.2. The molecule has 0 spiro atoms. The predicted molar refractivity (Wildman–Crippen MR) is 86.4 cm³/mol. The fraction of sp³-hybridized carbons (Fsp3) is 0.800. The Labute approximate surface area is 129 Å². The van der Waals surface area contributed by atoms with E-state index in [2.05, 4.69) is 13.5 Å². The molecule has 0 saturated heterocycles. The van der Waals surface area contributed by atoms with E-state index >= 15 is 0 Å². The van der Waals surface area contributed by atoms with E-state index in [-0.39, 0.29) is 11.7 Å². The molecule has 0 amide bonds. The van der Waals surface area contributed by atoms with Crippen molar-refractivity contribution >= 4 is 13.6 Å². The minimum atomic E-state index is -3.40. The maximum atomic E-state index is 12.7. The van der Waals surface area contributed by atoms with Crippen molar-refractivity contribution in [2.24, 2.45) is 0 Å². The molecule has 0 aliphatic rings. The van der Waals surface area contributed by atoms with Crippen LogP contribution in [0.5, 0.6) is 0 Å². The molecule has 6 heteroatoms. The van der Waals surface area contributed by atoms with E-state index in [0.717, 1.165) is 25.7 Å². The summed E-state index contributed by atoms with van der Waals surface area (Å²) in [5.74, 6) is -0.645. The van der Waals surface area contributed by atoms with Crippen molar-refractivity contribution in [3.05, 3.63) is 12.2 Å². The Bertz CT molecular complexity index is 388. The lowest BCUT2D eigenvalue weighted by Crippen LogP contribution is -2.37. The molecule has 21 heavy (non-hydrogen) atoms. The molecule has 0 saturated carbocycles. The average Bonchev–Trinajstić information content (AvgIpc) is 2.35. The first kappa shape index (κ1) is 20.4. The Balaban J connectivity index is 4.55. The average molecular weight is 320 g/mol. The van der Waals surface area contributed by atoms with Gasteiger partial charge in [0.25, 0.3) is 0 Å². The van der Waals surface area contributed by atoms with E-state index in [1.165, 1.54) is 6.92 Å². The summed E-state index contributed by atoms with van der Waals surface area (Å²) in [6.07, 6.45) is 4.33. The number of nitrogens with zero attached hydrogens (tertiary/aromatic N) is 1. The molecule has 5 nitrogen and oxygen atoms in total. The number of carbonyl (C=O) groups excluding carboxylic acids is 1. The highest BCUT2D eigenvalue weighted by molar-refractivity contribution is 7.54. The third kappa shape index (κ3) is 10.7. The molecule has 1 atom stereocenters. The van der Waals surface area contributed by atoms with Gasteiger partial charge in [0.05, 0.1) is 34.3 Å². The molecule has 1 unspecified atom stereocenters. The molecular weight excluding hydrogens is 289 g/mol. The smallest absolute Gasteiger partial charge is 0.387 e. The van der Waals surface area contributed by atoms with Crippen LogP contribution in [-0.2, 0) is 18.4 Å². The standard InChI is InChI=1S/C15H31NO4P/c1-7-8-9-10-12-19-21(18,13-11-16(4,5)6)20-15(17)14(2)3/h2,7-13H2,1,3-6H3/q+1. The van der Waals surface area contributed by atoms with Gasteiger partial charge >= 0.3 is 13.6 Å². The molecule has 0 bridgehead atoms. The van der Waals surface area contributed by atoms with E-state index in [1.54, 1.807) is 0 Å². The lowest BCUT2D eigenvalue weighted by molar-refractivity contribution is -0.867. The topological polar surface area (TPSA) is 52.6 Å². The van der Waals surface area contributed by atoms with Crippen molar-refractivity contribution in [3.8, 4) is 0 Å². The molecule has 0 N–H and O–H groups in total. The monoisotopic (exact) mass is 320 g/mol. The van der Waals surface area contributed by atoms with Crippen LogP contribution < -0.4 is 0 Å². The summed E-state index contributed by atoms with van der Waals surface area (Å²) in [5, 5.41) is 0. The van der Waals surface area contributed by atoms with Gasteiger partial charge in [0.2, 0.25) is 0 Å². The zero-order chi connectivity index (χ0) is 16.5. The van der Waals surface area contributed by atoms with Crippen LogP contribution in [0.1, 0.15) is 39.5 Å². The van der Waals surface area contributed by atoms with Crippen LogP contribution in [0, 0.1) is 0 Å². The number of carbonyl (C=O) groups is 1. The molecule has 124 valence electrons. The van der Waals surface area contributed by atoms with Crippen molar-refractivity contribution in [3.63, 3.8) is 0 Å². The quantitative estimate of drug-likeness (QED) is 0.253. The van der Waals surface area contributed by atoms with E-state index in [1.807, 2.05) is 21.1 Å². The molecule has 0 radical (unpaired) electrons. The summed E-state index contributed by atoms with van der Waals surface area (Å²) >= 11 is 0. The minimum absolute atomic E-state index is 0.225. The van der Waals surface area contributed by atoms with Crippen molar-refractivity contribution in [2.45, 2.75) is 39.5 Å². The molecule has 0 rings (SSSR count). The van der Waals surface area contributed by atoms with Crippen LogP contribution in [0.4, 0.5) is 0 Å². The largest absolute Gasteiger partial charge is 0.388 e. The third-order valence-corrected chi connectivity index (χ3v) is 4.67. The van der Waals surface area contributed by atoms with Gasteiger partial charge in [-0.1, -0.05) is 32.8 Å². The second kappa shape index (κ2) is 9.39. The van der Waals surface area contributed by atoms with Crippen molar-refractivity contribution in [1.29, 1.82) is 0 Å². The Morgan fingerprint density at radius 1 is 1.19 bits per heavy atom. The van der Waals surface area contributed by atoms with Crippen LogP contribution in [-0.4, -0.2) is 50.9 Å². The molecule has 0 aromatic carbocycles. The fourth-order valence-electron chi connectivity index (χ4n) is 1.50. The summed E-state index contributed by atoms with van der Waals surface area (Å²) in [6, 6.07) is 0. The molecule has 0 aromatic rings. The highest BCUT2D eigenvalue weighted by atomic mass is 31.2. The maximum Gasteiger partial charge on any atom is 0.387 e. The number of unbranched alkanes of at least 4 members (excludes halogenated alkanes) is 3. The molecule has 0 heterocycles. The Kier molecular flexibility index (Phi) is 9.11. The van der Waals surface area contributed by atoms with Gasteiger partial charge in [-0.3, -0.25) is 4.52 Å². The Morgan fingerprint density at radius 2 is 1.81 bits per heavy atom. The normalized spacial score (nSPS) is 14.5. The minimum Gasteiger partial charge on any atom is -0.388 e. The van der Waals surface area contributed by atoms with Gasteiger partial charge in [-0.15, -0.1) is 0 Å². The van der Waals surface area contributed by atoms with E-state index in [0.29, 0.717) is 17.6 Å². The van der Waals surface area contributed by atoms with Crippen molar-refractivity contribution in [2.75, 3.05) is 40.5 Å². The van der Waals surface area contributed by atoms with Gasteiger partial charge in [0.15, 0.2) is 0 Å². The maximum absolute atomic E-state index is 12.7. The van der Waals surface area contributed by atoms with Crippen molar-refractivity contribution in [1.82, 2.24) is 0 Å². The summed E-state index contributed by atoms with van der Waals surface area (Å²) in [5.41, 5.74) is 0.232. The molecule has 0 aromatic heterocycles. The summed E-state index contributed by atoms with van der Waals surface area (Å²) in [6.45, 7) is 8.14. The first-order valence-electron chi connectivity index (χ1n) is 7.53. The number of hydrogen-bond acceptors (Lipinski definition) is 4. The SMILES string of the molecule is C=C(C)C(=O)OP(=O)(CC[N+](C)(C)C)OCCCCCC. The van der Waals surface area contributed by atoms with Gasteiger partial charge in [0.1, 0.15) is 6.16 Å². The molecule has 0 aliphatic carbocycles. The Hall–Kier alpha value is -0.640. The van der Waals surface area contributed by atoms with E-state index < -0.39 is 13.6 Å². The Morgan fingerprint density at radius 3 is 2.29 bits per heavy atom. The highest BCUT2D eigenvalue weighted by Gasteiger charge is 2.31. The molecule has 0 fully saturated rings. The number of hydrogen-bond donors (Lipinski definition) is 0. The third-order valence-electron chi connectivity index (χ3n) is 2.90. The van der Waals surface area contributed by atoms with Gasteiger partial charge in [-0.25, -0.2) is 9.36 Å². The predicted octanol–water partition coefficient (Wildman–Crippen LogP) is 3.60. The summed E-state index contributed by atoms with van der Waals surface area (Å²) in [4.78, 5) is 11.6. The second-order valence-electron chi connectivity index (χ2n) is 6.40. The van der Waals surface area contributed by atoms with Crippen LogP contribution in [0.3, 0.4) is 0 Å². The first-order chi connectivity index (χ1) is 9.59. The summed E-state index contributed by atoms with van der Waals surface area (Å²) in [7, 11) is 2.58. The summed E-state index contributed by atoms with van der Waals surface area (Å²) < 4.78 is 23.9. The molecular formula is C15H31NO4P+. The van der Waals surface area contributed by atoms with Gasteiger partial charge < -0.3 is 9.01 Å². The zero-order valence-electron chi connectivity index (χ0n) is 14.2. The van der Waals surface area contributed by atoms with Crippen LogP contribution in [0.2, 0.25) is 0 Å². The lowest BCUT2D eigenvalue weighted by Gasteiger charge is -2.26. The highest BCUT2D eigenvalue weighted by Crippen LogP contribution is 2.49. The zero-order valence-corrected chi connectivity index (χ0v) is 15.1. The van der Waals surface area contributed by atoms with Crippen LogP contribution >= 0.6 is 7.60 Å². The van der Waals surface area contributed by atoms with Crippen LogP contribution in [0.25, 0.3) is 0 Å². The first-order valence-corrected chi connectivity index (χ1v) is 9.26. The van der Waals surface area contributed by atoms with Crippen LogP contribution in [0.15, 0.2) is 12.2 Å².